The Hall–Kier alpha value is -2.18. The maximum absolute atomic E-state index is 12.7. The molecule has 28 heavy (non-hydrogen) atoms. The number of hydrogen-bond donors (Lipinski definition) is 0. The van der Waals surface area contributed by atoms with Gasteiger partial charge in [0.05, 0.1) is 18.9 Å². The Morgan fingerprint density at radius 1 is 1.14 bits per heavy atom. The molecule has 0 N–H and O–H groups in total. The Bertz CT molecular complexity index is 818. The van der Waals surface area contributed by atoms with Crippen molar-refractivity contribution >= 4 is 5.91 Å². The lowest BCUT2D eigenvalue weighted by Gasteiger charge is -2.35. The topological polar surface area (TPSA) is 58.8 Å². The molecular weight excluding hydrogens is 354 g/mol. The number of hydrogen-bond acceptors (Lipinski definition) is 5. The SMILES string of the molecule is Cc1cccc(-c2nc(CN3CCC(C(=O)N4CCOCC4)CC3)c(C)o2)c1. The van der Waals surface area contributed by atoms with Crippen LogP contribution in [0.25, 0.3) is 11.5 Å². The van der Waals surface area contributed by atoms with E-state index < -0.39 is 0 Å². The molecule has 0 atom stereocenters. The monoisotopic (exact) mass is 383 g/mol. The van der Waals surface area contributed by atoms with Crippen LogP contribution in [0, 0.1) is 19.8 Å². The smallest absolute Gasteiger partial charge is 0.226 e. The second-order valence-corrected chi connectivity index (χ2v) is 7.88. The zero-order valence-electron chi connectivity index (χ0n) is 16.8. The molecule has 0 bridgehead atoms. The number of carbonyl (C=O) groups excluding carboxylic acids is 1. The molecule has 2 aromatic rings. The van der Waals surface area contributed by atoms with E-state index >= 15 is 0 Å². The number of amides is 1. The van der Waals surface area contributed by atoms with Crippen molar-refractivity contribution in [3.05, 3.63) is 41.3 Å². The molecule has 0 spiro atoms. The second kappa shape index (κ2) is 8.45. The van der Waals surface area contributed by atoms with Crippen molar-refractivity contribution in [1.29, 1.82) is 0 Å². The number of carbonyl (C=O) groups is 1. The van der Waals surface area contributed by atoms with Crippen LogP contribution in [0.1, 0.15) is 29.9 Å². The lowest BCUT2D eigenvalue weighted by molar-refractivity contribution is -0.141. The zero-order valence-corrected chi connectivity index (χ0v) is 16.8. The van der Waals surface area contributed by atoms with E-state index in [1.54, 1.807) is 0 Å². The van der Waals surface area contributed by atoms with E-state index in [4.69, 9.17) is 14.1 Å². The van der Waals surface area contributed by atoms with Crippen molar-refractivity contribution in [3.8, 4) is 11.5 Å². The van der Waals surface area contributed by atoms with E-state index in [9.17, 15) is 4.79 Å². The Balaban J connectivity index is 1.34. The van der Waals surface area contributed by atoms with E-state index in [0.29, 0.717) is 25.0 Å². The number of ether oxygens (including phenoxy) is 1. The molecule has 0 saturated carbocycles. The zero-order chi connectivity index (χ0) is 19.5. The molecule has 150 valence electrons. The van der Waals surface area contributed by atoms with Gasteiger partial charge in [-0.05, 0) is 51.9 Å². The van der Waals surface area contributed by atoms with Crippen molar-refractivity contribution < 1.29 is 13.9 Å². The van der Waals surface area contributed by atoms with Gasteiger partial charge in [-0.1, -0.05) is 17.7 Å². The van der Waals surface area contributed by atoms with Crippen LogP contribution in [0.15, 0.2) is 28.7 Å². The molecule has 2 aliphatic heterocycles. The quantitative estimate of drug-likeness (QED) is 0.812. The summed E-state index contributed by atoms with van der Waals surface area (Å²) >= 11 is 0. The maximum Gasteiger partial charge on any atom is 0.226 e. The lowest BCUT2D eigenvalue weighted by atomic mass is 9.95. The number of morpholine rings is 1. The van der Waals surface area contributed by atoms with Crippen LogP contribution in [0.5, 0.6) is 0 Å². The van der Waals surface area contributed by atoms with Crippen LogP contribution in [-0.4, -0.2) is 60.1 Å². The summed E-state index contributed by atoms with van der Waals surface area (Å²) in [6, 6.07) is 8.23. The van der Waals surface area contributed by atoms with Gasteiger partial charge in [-0.2, -0.15) is 0 Å². The molecular formula is C22H29N3O3. The van der Waals surface area contributed by atoms with Crippen LogP contribution in [-0.2, 0) is 16.1 Å². The number of aryl methyl sites for hydroxylation is 2. The molecule has 0 radical (unpaired) electrons. The highest BCUT2D eigenvalue weighted by Gasteiger charge is 2.29. The van der Waals surface area contributed by atoms with Crippen molar-refractivity contribution in [3.63, 3.8) is 0 Å². The predicted molar refractivity (Wildman–Crippen MR) is 107 cm³/mol. The second-order valence-electron chi connectivity index (χ2n) is 7.88. The molecule has 2 saturated heterocycles. The predicted octanol–water partition coefficient (Wildman–Crippen LogP) is 3.03. The highest BCUT2D eigenvalue weighted by molar-refractivity contribution is 5.79. The van der Waals surface area contributed by atoms with Gasteiger partial charge in [0.25, 0.3) is 0 Å². The van der Waals surface area contributed by atoms with E-state index in [1.165, 1.54) is 5.56 Å². The standard InChI is InChI=1S/C22H29N3O3/c1-16-4-3-5-19(14-16)21-23-20(17(2)28-21)15-24-8-6-18(7-9-24)22(26)25-10-12-27-13-11-25/h3-5,14,18H,6-13,15H2,1-2H3. The molecule has 6 nitrogen and oxygen atoms in total. The Labute approximate surface area is 166 Å². The van der Waals surface area contributed by atoms with E-state index in [2.05, 4.69) is 24.0 Å². The number of oxazole rings is 1. The van der Waals surface area contributed by atoms with Gasteiger partial charge in [0, 0.05) is 31.1 Å². The fourth-order valence-corrected chi connectivity index (χ4v) is 4.07. The molecule has 1 aromatic heterocycles. The Morgan fingerprint density at radius 2 is 1.89 bits per heavy atom. The van der Waals surface area contributed by atoms with Gasteiger partial charge >= 0.3 is 0 Å². The lowest BCUT2D eigenvalue weighted by Crippen LogP contribution is -2.46. The summed E-state index contributed by atoms with van der Waals surface area (Å²) < 4.78 is 11.3. The minimum absolute atomic E-state index is 0.149. The number of benzene rings is 1. The van der Waals surface area contributed by atoms with Gasteiger partial charge in [-0.15, -0.1) is 0 Å². The first kappa shape index (κ1) is 19.2. The number of aromatic nitrogens is 1. The summed E-state index contributed by atoms with van der Waals surface area (Å²) in [5.41, 5.74) is 3.21. The van der Waals surface area contributed by atoms with Gasteiger partial charge in [0.15, 0.2) is 0 Å². The first-order valence-corrected chi connectivity index (χ1v) is 10.2. The van der Waals surface area contributed by atoms with Gasteiger partial charge in [0.1, 0.15) is 5.76 Å². The third-order valence-corrected chi connectivity index (χ3v) is 5.79. The number of nitrogens with zero attached hydrogens (tertiary/aromatic N) is 3. The van der Waals surface area contributed by atoms with E-state index in [-0.39, 0.29) is 5.92 Å². The largest absolute Gasteiger partial charge is 0.441 e. The van der Waals surface area contributed by atoms with Crippen LogP contribution in [0.4, 0.5) is 0 Å². The number of likely N-dealkylation sites (tertiary alicyclic amines) is 1. The third kappa shape index (κ3) is 4.28. The Kier molecular flexibility index (Phi) is 5.78. The molecule has 1 amide bonds. The molecule has 1 aromatic carbocycles. The van der Waals surface area contributed by atoms with Gasteiger partial charge in [-0.25, -0.2) is 4.98 Å². The maximum atomic E-state index is 12.7. The van der Waals surface area contributed by atoms with E-state index in [1.807, 2.05) is 24.0 Å². The van der Waals surface area contributed by atoms with Gasteiger partial charge in [0.2, 0.25) is 11.8 Å². The highest BCUT2D eigenvalue weighted by atomic mass is 16.5. The average molecular weight is 383 g/mol. The molecule has 0 aliphatic carbocycles. The molecule has 6 heteroatoms. The summed E-state index contributed by atoms with van der Waals surface area (Å²) in [6.07, 6.45) is 1.83. The minimum atomic E-state index is 0.149. The highest BCUT2D eigenvalue weighted by Crippen LogP contribution is 2.26. The molecule has 3 heterocycles. The van der Waals surface area contributed by atoms with Crippen molar-refractivity contribution in [2.24, 2.45) is 5.92 Å². The Morgan fingerprint density at radius 3 is 2.61 bits per heavy atom. The van der Waals surface area contributed by atoms with E-state index in [0.717, 1.165) is 62.6 Å². The molecule has 2 aliphatic rings. The van der Waals surface area contributed by atoms with Crippen LogP contribution in [0.3, 0.4) is 0 Å². The summed E-state index contributed by atoms with van der Waals surface area (Å²) in [4.78, 5) is 21.8. The van der Waals surface area contributed by atoms with Crippen LogP contribution >= 0.6 is 0 Å². The van der Waals surface area contributed by atoms with Gasteiger partial charge < -0.3 is 14.1 Å². The summed E-state index contributed by atoms with van der Waals surface area (Å²) in [5, 5.41) is 0. The fraction of sp³-hybridized carbons (Fsp3) is 0.545. The average Bonchev–Trinajstić information content (AvgIpc) is 3.09. The first-order chi connectivity index (χ1) is 13.6. The summed E-state index contributed by atoms with van der Waals surface area (Å²) in [7, 11) is 0. The first-order valence-electron chi connectivity index (χ1n) is 10.2. The fourth-order valence-electron chi connectivity index (χ4n) is 4.07. The number of rotatable bonds is 4. The van der Waals surface area contributed by atoms with Gasteiger partial charge in [-0.3, -0.25) is 9.69 Å². The van der Waals surface area contributed by atoms with Crippen molar-refractivity contribution in [2.45, 2.75) is 33.2 Å². The van der Waals surface area contributed by atoms with Crippen LogP contribution < -0.4 is 0 Å². The normalized spacial score (nSPS) is 19.1. The molecule has 0 unspecified atom stereocenters. The molecule has 2 fully saturated rings. The van der Waals surface area contributed by atoms with Crippen molar-refractivity contribution in [2.75, 3.05) is 39.4 Å². The summed E-state index contributed by atoms with van der Waals surface area (Å²) in [6.45, 7) is 9.48. The van der Waals surface area contributed by atoms with Crippen LogP contribution in [0.2, 0.25) is 0 Å². The molecule has 4 rings (SSSR count). The van der Waals surface area contributed by atoms with Crippen molar-refractivity contribution in [1.82, 2.24) is 14.8 Å². The third-order valence-electron chi connectivity index (χ3n) is 5.79. The summed E-state index contributed by atoms with van der Waals surface area (Å²) in [5.74, 6) is 2.02. The minimum Gasteiger partial charge on any atom is -0.441 e. The number of piperidine rings is 1.